The number of hydrogen-bond acceptors (Lipinski definition) is 5. The van der Waals surface area contributed by atoms with Gasteiger partial charge in [0.25, 0.3) is 0 Å². The van der Waals surface area contributed by atoms with Gasteiger partial charge in [-0.1, -0.05) is 11.6 Å². The zero-order valence-electron chi connectivity index (χ0n) is 17.9. The number of fused-ring (bicyclic) bond motifs is 1. The first kappa shape index (κ1) is 24.0. The molecule has 1 amide bonds. The van der Waals surface area contributed by atoms with Crippen LogP contribution in [0.5, 0.6) is 0 Å². The maximum Gasteiger partial charge on any atom is 0.236 e. The van der Waals surface area contributed by atoms with Crippen LogP contribution in [0.3, 0.4) is 0 Å². The molecule has 0 bridgehead atoms. The Morgan fingerprint density at radius 3 is 2.53 bits per heavy atom. The lowest BCUT2D eigenvalue weighted by molar-refractivity contribution is -0.122. The number of thioether (sulfide) groups is 1. The number of carbonyl (C=O) groups is 1. The monoisotopic (exact) mass is 487 g/mol. The second kappa shape index (κ2) is 9.45. The van der Waals surface area contributed by atoms with Gasteiger partial charge in [0.1, 0.15) is 0 Å². The van der Waals surface area contributed by atoms with E-state index in [0.717, 1.165) is 50.6 Å². The van der Waals surface area contributed by atoms with Crippen LogP contribution in [-0.2, 0) is 4.79 Å². The van der Waals surface area contributed by atoms with E-state index in [0.29, 0.717) is 0 Å². The SMILES string of the molecule is CC1(CCCCN2CCN(c3csc4cc(Cl)ccc34)CC2)NC(=O)C(C)(C)S1.Cl. The van der Waals surface area contributed by atoms with Crippen molar-refractivity contribution in [3.63, 3.8) is 0 Å². The van der Waals surface area contributed by atoms with Crippen molar-refractivity contribution in [2.45, 2.75) is 49.7 Å². The molecule has 4 nitrogen and oxygen atoms in total. The van der Waals surface area contributed by atoms with Crippen molar-refractivity contribution in [2.24, 2.45) is 0 Å². The van der Waals surface area contributed by atoms with E-state index in [9.17, 15) is 4.79 Å². The smallest absolute Gasteiger partial charge is 0.236 e. The summed E-state index contributed by atoms with van der Waals surface area (Å²) in [5, 5.41) is 7.59. The van der Waals surface area contributed by atoms with Crippen molar-refractivity contribution < 1.29 is 4.79 Å². The molecule has 2 aromatic rings. The minimum Gasteiger partial charge on any atom is -0.368 e. The number of halogens is 2. The third kappa shape index (κ3) is 5.21. The number of unbranched alkanes of at least 4 members (excludes halogenated alkanes) is 1. The lowest BCUT2D eigenvalue weighted by Crippen LogP contribution is -2.46. The predicted molar refractivity (Wildman–Crippen MR) is 135 cm³/mol. The van der Waals surface area contributed by atoms with Gasteiger partial charge in [0.15, 0.2) is 0 Å². The van der Waals surface area contributed by atoms with Gasteiger partial charge >= 0.3 is 0 Å². The molecule has 1 N–H and O–H groups in total. The summed E-state index contributed by atoms with van der Waals surface area (Å²) in [6.07, 6.45) is 3.37. The van der Waals surface area contributed by atoms with E-state index >= 15 is 0 Å². The Morgan fingerprint density at radius 2 is 1.87 bits per heavy atom. The fourth-order valence-electron chi connectivity index (χ4n) is 4.38. The second-order valence-electron chi connectivity index (χ2n) is 8.84. The molecule has 1 aromatic heterocycles. The fraction of sp³-hybridized carbons (Fsp3) is 0.591. The van der Waals surface area contributed by atoms with Crippen LogP contribution < -0.4 is 10.2 Å². The van der Waals surface area contributed by atoms with Gasteiger partial charge in [-0.05, 0) is 64.8 Å². The summed E-state index contributed by atoms with van der Waals surface area (Å²) in [4.78, 5) is 17.0. The van der Waals surface area contributed by atoms with Crippen molar-refractivity contribution in [2.75, 3.05) is 37.6 Å². The van der Waals surface area contributed by atoms with Gasteiger partial charge in [0.05, 0.1) is 15.3 Å². The molecule has 0 saturated carbocycles. The van der Waals surface area contributed by atoms with Crippen molar-refractivity contribution in [1.29, 1.82) is 0 Å². The van der Waals surface area contributed by atoms with Crippen LogP contribution in [0.2, 0.25) is 5.02 Å². The summed E-state index contributed by atoms with van der Waals surface area (Å²) in [5.41, 5.74) is 1.35. The largest absolute Gasteiger partial charge is 0.368 e. The van der Waals surface area contributed by atoms with Crippen molar-refractivity contribution >= 4 is 68.8 Å². The normalized spacial score (nSPS) is 24.1. The Morgan fingerprint density at radius 1 is 1.13 bits per heavy atom. The van der Waals surface area contributed by atoms with E-state index in [1.165, 1.54) is 22.2 Å². The van der Waals surface area contributed by atoms with Crippen LogP contribution in [0.4, 0.5) is 5.69 Å². The summed E-state index contributed by atoms with van der Waals surface area (Å²) < 4.78 is 0.964. The zero-order chi connectivity index (χ0) is 20.6. The highest BCUT2D eigenvalue weighted by molar-refractivity contribution is 8.03. The Bertz CT molecular complexity index is 896. The number of thiophene rings is 1. The van der Waals surface area contributed by atoms with Crippen molar-refractivity contribution in [3.8, 4) is 0 Å². The van der Waals surface area contributed by atoms with E-state index in [1.54, 1.807) is 23.1 Å². The Kier molecular flexibility index (Phi) is 7.56. The van der Waals surface area contributed by atoms with Gasteiger partial charge in [-0.15, -0.1) is 35.5 Å². The van der Waals surface area contributed by atoms with E-state index < -0.39 is 0 Å². The van der Waals surface area contributed by atoms with E-state index in [4.69, 9.17) is 11.6 Å². The highest BCUT2D eigenvalue weighted by atomic mass is 35.5. The third-order valence-corrected chi connectivity index (χ3v) is 8.63. The molecular formula is C22H31Cl2N3OS2. The van der Waals surface area contributed by atoms with E-state index in [1.807, 2.05) is 19.9 Å². The standard InChI is InChI=1S/C22H30ClN3OS2.ClH/c1-21(2)20(27)24-22(3,29-21)8-4-5-9-25-10-12-26(13-11-25)18-15-28-19-14-16(23)6-7-17(18)19;/h6-7,14-15H,4-5,8-13H2,1-3H3,(H,24,27);1H. The molecule has 0 spiro atoms. The maximum absolute atomic E-state index is 12.1. The lowest BCUT2D eigenvalue weighted by Gasteiger charge is -2.36. The Hall–Kier alpha value is -0.660. The summed E-state index contributed by atoms with van der Waals surface area (Å²) in [7, 11) is 0. The van der Waals surface area contributed by atoms with Gasteiger partial charge in [-0.2, -0.15) is 0 Å². The number of rotatable bonds is 6. The number of carbonyl (C=O) groups excluding carboxylic acids is 1. The van der Waals surface area contributed by atoms with Gasteiger partial charge in [0.2, 0.25) is 5.91 Å². The minimum absolute atomic E-state index is 0. The predicted octanol–water partition coefficient (Wildman–Crippen LogP) is 5.63. The van der Waals surface area contributed by atoms with Gasteiger partial charge in [-0.3, -0.25) is 9.69 Å². The molecule has 2 saturated heterocycles. The molecule has 1 atom stereocenters. The van der Waals surface area contributed by atoms with Crippen LogP contribution in [0.25, 0.3) is 10.1 Å². The van der Waals surface area contributed by atoms with Crippen molar-refractivity contribution in [1.82, 2.24) is 10.2 Å². The zero-order valence-corrected chi connectivity index (χ0v) is 21.1. The lowest BCUT2D eigenvalue weighted by atomic mass is 10.1. The molecule has 0 aliphatic carbocycles. The maximum atomic E-state index is 12.1. The Balaban J connectivity index is 0.00000256. The Labute approximate surface area is 199 Å². The number of benzene rings is 1. The van der Waals surface area contributed by atoms with Crippen LogP contribution in [-0.4, -0.2) is 53.1 Å². The second-order valence-corrected chi connectivity index (χ2v) is 12.3. The molecule has 2 aliphatic rings. The molecule has 2 fully saturated rings. The molecule has 4 rings (SSSR count). The first-order valence-electron chi connectivity index (χ1n) is 10.4. The molecule has 30 heavy (non-hydrogen) atoms. The summed E-state index contributed by atoms with van der Waals surface area (Å²) in [5.74, 6) is 0.171. The van der Waals surface area contributed by atoms with Crippen LogP contribution >= 0.6 is 47.1 Å². The average Bonchev–Trinajstić information content (AvgIpc) is 3.16. The average molecular weight is 489 g/mol. The van der Waals surface area contributed by atoms with Crippen LogP contribution in [0.1, 0.15) is 40.0 Å². The first-order valence-corrected chi connectivity index (χ1v) is 12.5. The summed E-state index contributed by atoms with van der Waals surface area (Å²) >= 11 is 9.68. The number of nitrogens with zero attached hydrogens (tertiary/aromatic N) is 2. The molecular weight excluding hydrogens is 457 g/mol. The number of nitrogens with one attached hydrogen (secondary N) is 1. The third-order valence-electron chi connectivity index (χ3n) is 6.01. The van der Waals surface area contributed by atoms with Crippen molar-refractivity contribution in [3.05, 3.63) is 28.6 Å². The quantitative estimate of drug-likeness (QED) is 0.535. The molecule has 3 heterocycles. The molecule has 1 unspecified atom stereocenters. The number of anilines is 1. The molecule has 2 aliphatic heterocycles. The highest BCUT2D eigenvalue weighted by Gasteiger charge is 2.46. The van der Waals surface area contributed by atoms with Gasteiger partial charge in [-0.25, -0.2) is 0 Å². The first-order chi connectivity index (χ1) is 13.8. The number of amides is 1. The highest BCUT2D eigenvalue weighted by Crippen LogP contribution is 2.44. The topological polar surface area (TPSA) is 35.6 Å². The van der Waals surface area contributed by atoms with Crippen LogP contribution in [0.15, 0.2) is 23.6 Å². The molecule has 0 radical (unpaired) electrons. The van der Waals surface area contributed by atoms with Gasteiger partial charge in [0, 0.05) is 46.7 Å². The summed E-state index contributed by atoms with van der Waals surface area (Å²) in [6, 6.07) is 6.20. The minimum atomic E-state index is -0.303. The van der Waals surface area contributed by atoms with E-state index in [-0.39, 0.29) is 27.9 Å². The molecule has 166 valence electrons. The van der Waals surface area contributed by atoms with Crippen LogP contribution in [0, 0.1) is 0 Å². The molecule has 8 heteroatoms. The number of piperazine rings is 1. The fourth-order valence-corrected chi connectivity index (χ4v) is 7.29. The van der Waals surface area contributed by atoms with E-state index in [2.05, 4.69) is 39.6 Å². The number of hydrogen-bond donors (Lipinski definition) is 1. The summed E-state index contributed by atoms with van der Waals surface area (Å²) in [6.45, 7) is 11.7. The molecule has 1 aromatic carbocycles. The van der Waals surface area contributed by atoms with Gasteiger partial charge < -0.3 is 10.2 Å².